The summed E-state index contributed by atoms with van der Waals surface area (Å²) in [5, 5.41) is 6.76. The summed E-state index contributed by atoms with van der Waals surface area (Å²) in [6.45, 7) is 1.80. The second-order valence-corrected chi connectivity index (χ2v) is 6.75. The first kappa shape index (κ1) is 19.1. The molecule has 1 N–H and O–H groups in total. The van der Waals surface area contributed by atoms with Crippen molar-refractivity contribution in [2.75, 3.05) is 16.8 Å². The monoisotopic (exact) mass is 408 g/mol. The van der Waals surface area contributed by atoms with E-state index in [9.17, 15) is 22.4 Å². The first-order valence-corrected chi connectivity index (χ1v) is 8.85. The minimum atomic E-state index is -4.37. The predicted octanol–water partition coefficient (Wildman–Crippen LogP) is 3.36. The Morgan fingerprint density at radius 2 is 2.07 bits per heavy atom. The van der Waals surface area contributed by atoms with E-state index in [-0.39, 0.29) is 30.2 Å². The van der Waals surface area contributed by atoms with Crippen LogP contribution >= 0.6 is 0 Å². The molecular formula is C18H16F4N6O. The third-order valence-corrected chi connectivity index (χ3v) is 4.74. The highest BCUT2D eigenvalue weighted by Gasteiger charge is 2.46. The van der Waals surface area contributed by atoms with E-state index in [1.54, 1.807) is 6.92 Å². The summed E-state index contributed by atoms with van der Waals surface area (Å²) in [5.74, 6) is -1.14. The maximum Gasteiger partial charge on any atom is 0.408 e. The van der Waals surface area contributed by atoms with E-state index in [1.807, 2.05) is 0 Å². The van der Waals surface area contributed by atoms with Gasteiger partial charge in [-0.05, 0) is 31.9 Å². The average Bonchev–Trinajstić information content (AvgIpc) is 3.24. The number of nitrogens with zero attached hydrogens (tertiary/aromatic N) is 5. The van der Waals surface area contributed by atoms with Crippen LogP contribution in [-0.2, 0) is 0 Å². The van der Waals surface area contributed by atoms with Gasteiger partial charge in [-0.1, -0.05) is 0 Å². The predicted molar refractivity (Wildman–Crippen MR) is 96.3 cm³/mol. The Kier molecular flexibility index (Phi) is 4.59. The number of halogens is 4. The van der Waals surface area contributed by atoms with Gasteiger partial charge in [0.05, 0.1) is 23.8 Å². The van der Waals surface area contributed by atoms with Crippen molar-refractivity contribution < 1.29 is 22.4 Å². The molecule has 0 spiro atoms. The lowest BCUT2D eigenvalue weighted by Crippen LogP contribution is -2.41. The van der Waals surface area contributed by atoms with E-state index in [0.29, 0.717) is 17.8 Å². The van der Waals surface area contributed by atoms with Crippen LogP contribution in [0.3, 0.4) is 0 Å². The molecule has 1 aliphatic rings. The third-order valence-electron chi connectivity index (χ3n) is 4.74. The Bertz CT molecular complexity index is 1080. The van der Waals surface area contributed by atoms with Gasteiger partial charge in [0.15, 0.2) is 11.3 Å². The molecule has 3 aromatic rings. The van der Waals surface area contributed by atoms with E-state index in [2.05, 4.69) is 20.4 Å². The number of hydrogen-bond acceptors (Lipinski definition) is 5. The molecule has 0 aromatic carbocycles. The molecule has 11 heteroatoms. The summed E-state index contributed by atoms with van der Waals surface area (Å²) in [6, 6.07) is 2.46. The topological polar surface area (TPSA) is 75.4 Å². The van der Waals surface area contributed by atoms with Crippen LogP contribution in [0.15, 0.2) is 30.6 Å². The van der Waals surface area contributed by atoms with Crippen molar-refractivity contribution in [2.45, 2.75) is 32.0 Å². The molecule has 29 heavy (non-hydrogen) atoms. The lowest BCUT2D eigenvalue weighted by atomic mass is 10.2. The second-order valence-electron chi connectivity index (χ2n) is 6.75. The smallest absolute Gasteiger partial charge is 0.343 e. The van der Waals surface area contributed by atoms with Crippen molar-refractivity contribution in [1.29, 1.82) is 0 Å². The van der Waals surface area contributed by atoms with Crippen molar-refractivity contribution >= 4 is 23.1 Å². The summed E-state index contributed by atoms with van der Waals surface area (Å²) in [6.07, 6.45) is -1.71. The molecule has 7 nitrogen and oxygen atoms in total. The maximum absolute atomic E-state index is 13.3. The van der Waals surface area contributed by atoms with Gasteiger partial charge < -0.3 is 10.2 Å². The van der Waals surface area contributed by atoms with Crippen LogP contribution in [0.5, 0.6) is 0 Å². The molecule has 1 atom stereocenters. The van der Waals surface area contributed by atoms with Gasteiger partial charge in [-0.2, -0.15) is 13.2 Å². The molecule has 4 rings (SSSR count). The van der Waals surface area contributed by atoms with Gasteiger partial charge in [0.2, 0.25) is 0 Å². The summed E-state index contributed by atoms with van der Waals surface area (Å²) in [5.41, 5.74) is 0.841. The molecule has 1 amide bonds. The van der Waals surface area contributed by atoms with E-state index >= 15 is 0 Å². The first-order valence-electron chi connectivity index (χ1n) is 8.85. The number of anilines is 2. The lowest BCUT2D eigenvalue weighted by Gasteiger charge is -2.27. The van der Waals surface area contributed by atoms with Gasteiger partial charge >= 0.3 is 6.18 Å². The maximum atomic E-state index is 13.3. The Hall–Kier alpha value is -3.24. The summed E-state index contributed by atoms with van der Waals surface area (Å²) in [4.78, 5) is 21.8. The van der Waals surface area contributed by atoms with Gasteiger partial charge in [-0.25, -0.2) is 13.9 Å². The number of nitrogens with one attached hydrogen (secondary N) is 1. The number of aromatic nitrogens is 4. The van der Waals surface area contributed by atoms with Gasteiger partial charge in [-0.15, -0.1) is 5.10 Å². The number of aryl methyl sites for hydroxylation is 1. The molecule has 1 aliphatic heterocycles. The summed E-state index contributed by atoms with van der Waals surface area (Å²) in [7, 11) is 0. The van der Waals surface area contributed by atoms with Crippen molar-refractivity contribution in [3.05, 3.63) is 47.8 Å². The van der Waals surface area contributed by atoms with Crippen LogP contribution in [-0.4, -0.2) is 44.3 Å². The third kappa shape index (κ3) is 3.59. The molecule has 1 fully saturated rings. The van der Waals surface area contributed by atoms with Gasteiger partial charge in [0.1, 0.15) is 17.7 Å². The zero-order valence-electron chi connectivity index (χ0n) is 15.2. The number of rotatable bonds is 3. The zero-order valence-corrected chi connectivity index (χ0v) is 15.2. The minimum absolute atomic E-state index is 0.00785. The standard InChI is InChI=1S/C18H16F4N6O/c1-10-16(17(29)25-12-7-11(19)8-23-9-12)28-14(24-10)4-5-15(26-28)27-6-2-3-13(27)18(20,21)22/h4-5,7-9,13H,2-3,6H2,1H3,(H,25,29)/t13-/m0/s1. The quantitative estimate of drug-likeness (QED) is 0.673. The van der Waals surface area contributed by atoms with E-state index in [0.717, 1.165) is 12.3 Å². The molecule has 0 saturated carbocycles. The SMILES string of the molecule is Cc1nc2ccc(N3CCC[C@H]3C(F)(F)F)nn2c1C(=O)Nc1cncc(F)c1. The molecule has 0 bridgehead atoms. The summed E-state index contributed by atoms with van der Waals surface area (Å²) < 4.78 is 54.4. The lowest BCUT2D eigenvalue weighted by molar-refractivity contribution is -0.146. The number of hydrogen-bond donors (Lipinski definition) is 1. The Balaban J connectivity index is 1.71. The largest absolute Gasteiger partial charge is 0.408 e. The van der Waals surface area contributed by atoms with Crippen LogP contribution in [0.1, 0.15) is 29.0 Å². The molecule has 0 aliphatic carbocycles. The molecule has 4 heterocycles. The van der Waals surface area contributed by atoms with Crippen molar-refractivity contribution in [3.8, 4) is 0 Å². The van der Waals surface area contributed by atoms with Crippen molar-refractivity contribution in [2.24, 2.45) is 0 Å². The van der Waals surface area contributed by atoms with Crippen LogP contribution in [0.2, 0.25) is 0 Å². The van der Waals surface area contributed by atoms with Crippen LogP contribution < -0.4 is 10.2 Å². The number of carbonyl (C=O) groups excluding carboxylic acids is 1. The Labute approximate surface area is 162 Å². The fraction of sp³-hybridized carbons (Fsp3) is 0.333. The molecule has 1 saturated heterocycles. The fourth-order valence-electron chi connectivity index (χ4n) is 3.50. The molecule has 0 radical (unpaired) electrons. The highest BCUT2D eigenvalue weighted by molar-refractivity contribution is 6.04. The number of amides is 1. The number of fused-ring (bicyclic) bond motifs is 1. The first-order chi connectivity index (χ1) is 13.7. The molecule has 0 unspecified atom stereocenters. The second kappa shape index (κ2) is 6.98. The number of alkyl halides is 3. The van der Waals surface area contributed by atoms with E-state index < -0.39 is 23.9 Å². The minimum Gasteiger partial charge on any atom is -0.343 e. The van der Waals surface area contributed by atoms with Crippen LogP contribution in [0.4, 0.5) is 29.1 Å². The number of imidazole rings is 1. The van der Waals surface area contributed by atoms with Gasteiger partial charge in [0.25, 0.3) is 5.91 Å². The van der Waals surface area contributed by atoms with Crippen LogP contribution in [0, 0.1) is 12.7 Å². The Morgan fingerprint density at radius 1 is 1.28 bits per heavy atom. The average molecular weight is 408 g/mol. The molecule has 3 aromatic heterocycles. The van der Waals surface area contributed by atoms with Gasteiger partial charge in [0, 0.05) is 12.6 Å². The van der Waals surface area contributed by atoms with Gasteiger partial charge in [-0.3, -0.25) is 9.78 Å². The highest BCUT2D eigenvalue weighted by Crippen LogP contribution is 2.35. The fourth-order valence-corrected chi connectivity index (χ4v) is 3.50. The van der Waals surface area contributed by atoms with E-state index in [4.69, 9.17) is 0 Å². The Morgan fingerprint density at radius 3 is 2.79 bits per heavy atom. The number of carbonyl (C=O) groups is 1. The molecular weight excluding hydrogens is 392 g/mol. The highest BCUT2D eigenvalue weighted by atomic mass is 19.4. The normalized spacial score (nSPS) is 17.1. The molecule has 152 valence electrons. The zero-order chi connectivity index (χ0) is 20.8. The van der Waals surface area contributed by atoms with E-state index in [1.165, 1.54) is 27.7 Å². The number of pyridine rings is 1. The van der Waals surface area contributed by atoms with Crippen molar-refractivity contribution in [3.63, 3.8) is 0 Å². The summed E-state index contributed by atoms with van der Waals surface area (Å²) >= 11 is 0. The van der Waals surface area contributed by atoms with Crippen LogP contribution in [0.25, 0.3) is 5.65 Å². The van der Waals surface area contributed by atoms with Crippen molar-refractivity contribution in [1.82, 2.24) is 19.6 Å².